The molecule has 3 aromatic rings. The average Bonchev–Trinajstić information content (AvgIpc) is 3.02. The molecule has 150 valence electrons. The zero-order valence-corrected chi connectivity index (χ0v) is 16.8. The number of hydrogen-bond acceptors (Lipinski definition) is 4. The van der Waals surface area contributed by atoms with Gasteiger partial charge in [0.05, 0.1) is 6.54 Å². The Morgan fingerprint density at radius 1 is 1.24 bits per heavy atom. The van der Waals surface area contributed by atoms with Gasteiger partial charge in [-0.1, -0.05) is 29.8 Å². The molecule has 0 unspecified atom stereocenters. The monoisotopic (exact) mass is 413 g/mol. The number of likely N-dealkylation sites (N-methyl/N-ethyl adjacent to an activating group) is 1. The fourth-order valence-electron chi connectivity index (χ4n) is 2.80. The third kappa shape index (κ3) is 5.14. The molecule has 9 heteroatoms. The fourth-order valence-corrected chi connectivity index (χ4v) is 2.99. The lowest BCUT2D eigenvalue weighted by atomic mass is 10.1. The van der Waals surface area contributed by atoms with Gasteiger partial charge in [0.25, 0.3) is 0 Å². The minimum absolute atomic E-state index is 0.0671. The van der Waals surface area contributed by atoms with Crippen LogP contribution in [-0.4, -0.2) is 45.1 Å². The van der Waals surface area contributed by atoms with Crippen LogP contribution in [0.1, 0.15) is 5.56 Å². The second kappa shape index (κ2) is 8.78. The topological polar surface area (TPSA) is 83.0 Å². The van der Waals surface area contributed by atoms with Gasteiger partial charge in [-0.25, -0.2) is 4.39 Å². The summed E-state index contributed by atoms with van der Waals surface area (Å²) in [5.74, 6) is -0.651. The van der Waals surface area contributed by atoms with E-state index in [1.165, 1.54) is 30.1 Å². The minimum atomic E-state index is -0.453. The highest BCUT2D eigenvalue weighted by Gasteiger charge is 2.17. The number of amides is 2. The number of benzene rings is 2. The van der Waals surface area contributed by atoms with Gasteiger partial charge < -0.3 is 10.2 Å². The van der Waals surface area contributed by atoms with Crippen molar-refractivity contribution in [2.75, 3.05) is 18.9 Å². The first-order chi connectivity index (χ1) is 13.8. The Morgan fingerprint density at radius 3 is 2.72 bits per heavy atom. The Balaban J connectivity index is 1.68. The van der Waals surface area contributed by atoms with E-state index in [0.29, 0.717) is 16.3 Å². The number of halogens is 1. The number of aromatic nitrogens is 3. The maximum atomic E-state index is 13.2. The van der Waals surface area contributed by atoms with E-state index >= 15 is 0 Å². The molecule has 1 aromatic heterocycles. The molecule has 3 rings (SSSR count). The Hall–Kier alpha value is -3.33. The number of nitrogens with one attached hydrogen (secondary N) is 2. The van der Waals surface area contributed by atoms with E-state index in [-0.39, 0.29) is 19.0 Å². The second-order valence-electron chi connectivity index (χ2n) is 6.62. The van der Waals surface area contributed by atoms with Crippen molar-refractivity contribution in [3.8, 4) is 11.4 Å². The van der Waals surface area contributed by atoms with Gasteiger partial charge in [0.2, 0.25) is 11.8 Å². The van der Waals surface area contributed by atoms with Crippen LogP contribution in [0, 0.1) is 17.5 Å². The summed E-state index contributed by atoms with van der Waals surface area (Å²) in [4.78, 5) is 26.1. The molecule has 0 saturated carbocycles. The highest BCUT2D eigenvalue weighted by Crippen LogP contribution is 2.18. The smallest absolute Gasteiger partial charge is 0.243 e. The Labute approximate surface area is 172 Å². The lowest BCUT2D eigenvalue weighted by Crippen LogP contribution is -2.37. The second-order valence-corrected chi connectivity index (χ2v) is 7.00. The summed E-state index contributed by atoms with van der Waals surface area (Å²) in [5.41, 5.74) is 2.21. The first-order valence-corrected chi connectivity index (χ1v) is 9.26. The quantitative estimate of drug-likeness (QED) is 0.608. The van der Waals surface area contributed by atoms with Crippen molar-refractivity contribution in [2.24, 2.45) is 0 Å². The third-order valence-electron chi connectivity index (χ3n) is 4.24. The van der Waals surface area contributed by atoms with Crippen molar-refractivity contribution in [2.45, 2.75) is 13.5 Å². The molecular formula is C20H20FN5O2S. The number of aromatic amines is 1. The molecule has 0 aliphatic rings. The molecule has 7 nitrogen and oxygen atoms in total. The van der Waals surface area contributed by atoms with E-state index in [1.807, 2.05) is 31.2 Å². The summed E-state index contributed by atoms with van der Waals surface area (Å²) in [6, 6.07) is 13.2. The number of H-pyrrole nitrogens is 1. The van der Waals surface area contributed by atoms with Crippen molar-refractivity contribution in [3.63, 3.8) is 0 Å². The largest absolute Gasteiger partial charge is 0.335 e. The van der Waals surface area contributed by atoms with Gasteiger partial charge in [-0.3, -0.25) is 19.3 Å². The summed E-state index contributed by atoms with van der Waals surface area (Å²) < 4.78 is 15.1. The normalized spacial score (nSPS) is 10.6. The highest BCUT2D eigenvalue weighted by molar-refractivity contribution is 7.71. The van der Waals surface area contributed by atoms with Crippen molar-refractivity contribution in [1.82, 2.24) is 19.7 Å². The maximum Gasteiger partial charge on any atom is 0.243 e. The molecule has 0 atom stereocenters. The van der Waals surface area contributed by atoms with Gasteiger partial charge in [0.15, 0.2) is 10.6 Å². The lowest BCUT2D eigenvalue weighted by Gasteiger charge is -2.17. The van der Waals surface area contributed by atoms with Crippen LogP contribution < -0.4 is 5.32 Å². The lowest BCUT2D eigenvalue weighted by molar-refractivity contribution is -0.133. The molecule has 0 aliphatic heterocycles. The Kier molecular flexibility index (Phi) is 6.18. The van der Waals surface area contributed by atoms with Gasteiger partial charge in [0, 0.05) is 18.3 Å². The van der Waals surface area contributed by atoms with Crippen LogP contribution in [0.3, 0.4) is 0 Å². The highest BCUT2D eigenvalue weighted by atomic mass is 32.1. The number of nitrogens with zero attached hydrogens (tertiary/aromatic N) is 3. The number of carbonyl (C=O) groups excluding carboxylic acids is 2. The molecule has 0 fully saturated rings. The number of hydrogen-bond donors (Lipinski definition) is 2. The molecule has 0 aliphatic carbocycles. The van der Waals surface area contributed by atoms with Crippen LogP contribution in [0.15, 0.2) is 48.5 Å². The third-order valence-corrected chi connectivity index (χ3v) is 4.55. The molecule has 2 amide bonds. The zero-order valence-electron chi connectivity index (χ0n) is 16.0. The number of carbonyl (C=O) groups is 2. The first-order valence-electron chi connectivity index (χ1n) is 8.85. The molecule has 0 saturated heterocycles. The molecule has 2 aromatic carbocycles. The standard InChI is InChI=1S/C20H20FN5O2S/c1-13-5-3-6-14(9-13)19-23-24-20(29)26(19)12-18(28)25(2)11-17(27)22-16-8-4-7-15(21)10-16/h3-10H,11-12H2,1-2H3,(H,22,27)(H,24,29). The van der Waals surface area contributed by atoms with Crippen LogP contribution in [0.2, 0.25) is 0 Å². The SMILES string of the molecule is Cc1cccc(-c2n[nH]c(=S)n2CC(=O)N(C)CC(=O)Nc2cccc(F)c2)c1. The first kappa shape index (κ1) is 20.4. The van der Waals surface area contributed by atoms with Gasteiger partial charge >= 0.3 is 0 Å². The molecule has 0 bridgehead atoms. The van der Waals surface area contributed by atoms with Gasteiger partial charge in [-0.15, -0.1) is 0 Å². The predicted octanol–water partition coefficient (Wildman–Crippen LogP) is 3.15. The van der Waals surface area contributed by atoms with E-state index in [1.54, 1.807) is 10.6 Å². The summed E-state index contributed by atoms with van der Waals surface area (Å²) in [6.07, 6.45) is 0. The molecule has 2 N–H and O–H groups in total. The van der Waals surface area contributed by atoms with Gasteiger partial charge in [-0.05, 0) is 43.4 Å². The molecule has 29 heavy (non-hydrogen) atoms. The van der Waals surface area contributed by atoms with E-state index < -0.39 is 11.7 Å². The van der Waals surface area contributed by atoms with Gasteiger partial charge in [0.1, 0.15) is 12.4 Å². The van der Waals surface area contributed by atoms with Crippen LogP contribution in [0.5, 0.6) is 0 Å². The maximum absolute atomic E-state index is 13.2. The van der Waals surface area contributed by atoms with Crippen molar-refractivity contribution in [3.05, 3.63) is 64.7 Å². The Bertz CT molecular complexity index is 1110. The van der Waals surface area contributed by atoms with Crippen LogP contribution >= 0.6 is 12.2 Å². The number of rotatable bonds is 6. The summed E-state index contributed by atoms with van der Waals surface area (Å²) in [7, 11) is 1.52. The number of aryl methyl sites for hydroxylation is 1. The molecule has 1 heterocycles. The summed E-state index contributed by atoms with van der Waals surface area (Å²) >= 11 is 5.26. The van der Waals surface area contributed by atoms with Crippen LogP contribution in [0.25, 0.3) is 11.4 Å². The zero-order chi connectivity index (χ0) is 21.0. The minimum Gasteiger partial charge on any atom is -0.335 e. The molecule has 0 spiro atoms. The van der Waals surface area contributed by atoms with E-state index in [0.717, 1.165) is 11.1 Å². The predicted molar refractivity (Wildman–Crippen MR) is 110 cm³/mol. The summed E-state index contributed by atoms with van der Waals surface area (Å²) in [6.45, 7) is 1.72. The summed E-state index contributed by atoms with van der Waals surface area (Å²) in [5, 5.41) is 9.50. The van der Waals surface area contributed by atoms with E-state index in [9.17, 15) is 14.0 Å². The molecule has 0 radical (unpaired) electrons. The van der Waals surface area contributed by atoms with Crippen molar-refractivity contribution < 1.29 is 14.0 Å². The average molecular weight is 413 g/mol. The fraction of sp³-hybridized carbons (Fsp3) is 0.200. The van der Waals surface area contributed by atoms with E-state index in [2.05, 4.69) is 15.5 Å². The van der Waals surface area contributed by atoms with Crippen LogP contribution in [0.4, 0.5) is 10.1 Å². The Morgan fingerprint density at radius 2 is 2.00 bits per heavy atom. The van der Waals surface area contributed by atoms with Crippen LogP contribution in [-0.2, 0) is 16.1 Å². The van der Waals surface area contributed by atoms with Crippen molar-refractivity contribution >= 4 is 29.7 Å². The van der Waals surface area contributed by atoms with E-state index in [4.69, 9.17) is 12.2 Å². The van der Waals surface area contributed by atoms with Crippen molar-refractivity contribution in [1.29, 1.82) is 0 Å². The van der Waals surface area contributed by atoms with Gasteiger partial charge in [-0.2, -0.15) is 5.10 Å². The number of anilines is 1. The molecular weight excluding hydrogens is 393 g/mol.